The maximum absolute atomic E-state index is 2.35. The normalized spacial score (nSPS) is 21.1. The van der Waals surface area contributed by atoms with Crippen LogP contribution in [0.1, 0.15) is 33.6 Å². The van der Waals surface area contributed by atoms with Gasteiger partial charge < -0.3 is 0 Å². The fourth-order valence-electron chi connectivity index (χ4n) is 2.52. The van der Waals surface area contributed by atoms with Crippen molar-refractivity contribution in [2.75, 3.05) is 0 Å². The van der Waals surface area contributed by atoms with Gasteiger partial charge in [-0.2, -0.15) is 0 Å². The molecule has 0 radical (unpaired) electrons. The van der Waals surface area contributed by atoms with E-state index < -0.39 is 0 Å². The van der Waals surface area contributed by atoms with E-state index in [1.54, 1.807) is 15.0 Å². The molecule has 0 N–H and O–H groups in total. The van der Waals surface area contributed by atoms with E-state index in [-0.39, 0.29) is 0 Å². The van der Waals surface area contributed by atoms with Crippen molar-refractivity contribution < 1.29 is 20.0 Å². The molecule has 2 aliphatic rings. The van der Waals surface area contributed by atoms with Gasteiger partial charge in [0.25, 0.3) is 0 Å². The molecule has 1 heteroatoms. The Kier molecular flexibility index (Phi) is 3.61. The molecular formula is C15H18Ti. The van der Waals surface area contributed by atoms with Crippen LogP contribution in [-0.2, 0) is 20.0 Å². The Hall–Kier alpha value is -0.456. The quantitative estimate of drug-likeness (QED) is 0.662. The van der Waals surface area contributed by atoms with Gasteiger partial charge in [-0.15, -0.1) is 0 Å². The average molecular weight is 246 g/mol. The van der Waals surface area contributed by atoms with E-state index in [1.165, 1.54) is 11.1 Å². The molecule has 1 unspecified atom stereocenters. The summed E-state index contributed by atoms with van der Waals surface area (Å²) in [4.78, 5) is 0. The van der Waals surface area contributed by atoms with Crippen LogP contribution in [0.15, 0.2) is 46.6 Å². The summed E-state index contributed by atoms with van der Waals surface area (Å²) >= 11 is 2.30. The Morgan fingerprint density at radius 1 is 1.12 bits per heavy atom. The van der Waals surface area contributed by atoms with Crippen LogP contribution in [0, 0.1) is 5.92 Å². The molecule has 0 heterocycles. The standard InChI is InChI=1S/C15H18.Ti/c1-11-6-4-8-14(11)10-13(3)15-9-5-7-12(15)2;/h4-7,13H,8-9H2,1-3H3;. The molecule has 0 nitrogen and oxygen atoms in total. The van der Waals surface area contributed by atoms with Gasteiger partial charge in [0.15, 0.2) is 0 Å². The number of hydrogen-bond acceptors (Lipinski definition) is 0. The molecule has 2 rings (SSSR count). The van der Waals surface area contributed by atoms with E-state index >= 15 is 0 Å². The Morgan fingerprint density at radius 2 is 1.75 bits per heavy atom. The molecule has 0 aromatic rings. The molecular weight excluding hydrogens is 228 g/mol. The molecule has 0 amide bonds. The van der Waals surface area contributed by atoms with Crippen LogP contribution in [-0.4, -0.2) is 3.81 Å². The zero-order chi connectivity index (χ0) is 11.7. The molecule has 0 aliphatic heterocycles. The van der Waals surface area contributed by atoms with Crippen LogP contribution in [0.4, 0.5) is 0 Å². The van der Waals surface area contributed by atoms with E-state index in [0.717, 1.165) is 12.8 Å². The first-order chi connectivity index (χ1) is 7.61. The van der Waals surface area contributed by atoms with Crippen molar-refractivity contribution in [2.45, 2.75) is 33.6 Å². The van der Waals surface area contributed by atoms with Crippen LogP contribution >= 0.6 is 0 Å². The van der Waals surface area contributed by atoms with Crippen molar-refractivity contribution in [3.05, 3.63) is 46.6 Å². The van der Waals surface area contributed by atoms with E-state index in [0.29, 0.717) is 5.92 Å². The van der Waals surface area contributed by atoms with Gasteiger partial charge in [-0.05, 0) is 0 Å². The van der Waals surface area contributed by atoms with Gasteiger partial charge in [0.1, 0.15) is 0 Å². The summed E-state index contributed by atoms with van der Waals surface area (Å²) in [6.07, 6.45) is 11.3. The van der Waals surface area contributed by atoms with E-state index in [4.69, 9.17) is 0 Å². The fraction of sp³-hybridized carbons (Fsp3) is 0.400. The molecule has 0 aromatic heterocycles. The van der Waals surface area contributed by atoms with E-state index in [9.17, 15) is 0 Å². The molecule has 82 valence electrons. The molecule has 0 saturated heterocycles. The minimum atomic E-state index is 0.597. The van der Waals surface area contributed by atoms with Crippen LogP contribution in [0.5, 0.6) is 0 Å². The number of allylic oxidation sites excluding steroid dienone is 8. The van der Waals surface area contributed by atoms with Crippen molar-refractivity contribution in [3.8, 4) is 0 Å². The molecule has 2 aliphatic carbocycles. The number of rotatable bonds is 3. The summed E-state index contributed by atoms with van der Waals surface area (Å²) in [5.74, 6) is 0.597. The zero-order valence-corrected chi connectivity index (χ0v) is 11.9. The van der Waals surface area contributed by atoms with Gasteiger partial charge in [0, 0.05) is 0 Å². The van der Waals surface area contributed by atoms with Crippen molar-refractivity contribution in [1.29, 1.82) is 0 Å². The van der Waals surface area contributed by atoms with E-state index in [1.807, 2.05) is 0 Å². The second kappa shape index (κ2) is 4.81. The second-order valence-electron chi connectivity index (χ2n) is 4.72. The molecule has 0 spiro atoms. The van der Waals surface area contributed by atoms with Gasteiger partial charge in [0.05, 0.1) is 0 Å². The van der Waals surface area contributed by atoms with Crippen LogP contribution < -0.4 is 0 Å². The van der Waals surface area contributed by atoms with Crippen LogP contribution in [0.25, 0.3) is 0 Å². The van der Waals surface area contributed by atoms with Gasteiger partial charge >= 0.3 is 110 Å². The molecule has 0 bridgehead atoms. The maximum atomic E-state index is 2.35. The summed E-state index contributed by atoms with van der Waals surface area (Å²) in [6, 6.07) is 0. The predicted octanol–water partition coefficient (Wildman–Crippen LogP) is 3.89. The SMILES string of the molecule is CC1=C([C](=[Ti])C(C)C2=C(C)C=CC2)CC=C1. The summed E-state index contributed by atoms with van der Waals surface area (Å²) < 4.78 is 1.56. The number of hydrogen-bond donors (Lipinski definition) is 0. The van der Waals surface area contributed by atoms with Gasteiger partial charge in [-0.25, -0.2) is 0 Å². The average Bonchev–Trinajstić information content (AvgIpc) is 2.85. The Labute approximate surface area is 110 Å². The molecule has 1 atom stereocenters. The fourth-order valence-corrected chi connectivity index (χ4v) is 3.26. The summed E-state index contributed by atoms with van der Waals surface area (Å²) in [6.45, 7) is 6.81. The van der Waals surface area contributed by atoms with Crippen LogP contribution in [0.3, 0.4) is 0 Å². The third-order valence-corrected chi connectivity index (χ3v) is 4.81. The van der Waals surface area contributed by atoms with Gasteiger partial charge in [-0.1, -0.05) is 0 Å². The first-order valence-corrected chi connectivity index (χ1v) is 6.70. The Balaban J connectivity index is 2.18. The Morgan fingerprint density at radius 3 is 2.25 bits per heavy atom. The second-order valence-corrected chi connectivity index (χ2v) is 5.56. The third kappa shape index (κ3) is 2.14. The molecule has 16 heavy (non-hydrogen) atoms. The van der Waals surface area contributed by atoms with Crippen molar-refractivity contribution >= 4 is 3.81 Å². The van der Waals surface area contributed by atoms with Crippen molar-refractivity contribution in [2.24, 2.45) is 5.92 Å². The first kappa shape index (κ1) is 12.0. The predicted molar refractivity (Wildman–Crippen MR) is 67.1 cm³/mol. The van der Waals surface area contributed by atoms with Gasteiger partial charge in [-0.3, -0.25) is 0 Å². The van der Waals surface area contributed by atoms with Crippen molar-refractivity contribution in [3.63, 3.8) is 0 Å². The third-order valence-electron chi connectivity index (χ3n) is 3.66. The molecule has 0 fully saturated rings. The minimum absolute atomic E-state index is 0.597. The van der Waals surface area contributed by atoms with Crippen LogP contribution in [0.2, 0.25) is 0 Å². The van der Waals surface area contributed by atoms with Gasteiger partial charge in [0.2, 0.25) is 0 Å². The summed E-state index contributed by atoms with van der Waals surface area (Å²) in [5, 5.41) is 0. The molecule has 0 aromatic carbocycles. The first-order valence-electron chi connectivity index (χ1n) is 5.92. The monoisotopic (exact) mass is 246 g/mol. The summed E-state index contributed by atoms with van der Waals surface area (Å²) in [7, 11) is 0. The topological polar surface area (TPSA) is 0 Å². The zero-order valence-electron chi connectivity index (χ0n) is 10.3. The van der Waals surface area contributed by atoms with E-state index in [2.05, 4.69) is 65.0 Å². The Bertz CT molecular complexity index is 444. The molecule has 0 saturated carbocycles. The van der Waals surface area contributed by atoms with Crippen molar-refractivity contribution in [1.82, 2.24) is 0 Å². The summed E-state index contributed by atoms with van der Waals surface area (Å²) in [5.41, 5.74) is 6.08.